The first-order chi connectivity index (χ1) is 12.4. The van der Waals surface area contributed by atoms with Gasteiger partial charge in [-0.2, -0.15) is 5.10 Å². The Bertz CT molecular complexity index is 943. The fraction of sp³-hybridized carbons (Fsp3) is 0.238. The Morgan fingerprint density at radius 2 is 1.65 bits per heavy atom. The molecule has 3 rings (SSSR count). The Kier molecular flexibility index (Phi) is 5.07. The maximum atomic E-state index is 12.4. The van der Waals surface area contributed by atoms with Crippen LogP contribution in [0.25, 0.3) is 0 Å². The number of amides is 2. The van der Waals surface area contributed by atoms with Crippen molar-refractivity contribution in [3.63, 3.8) is 0 Å². The van der Waals surface area contributed by atoms with E-state index in [1.807, 2.05) is 55.8 Å². The second-order valence-corrected chi connectivity index (χ2v) is 6.64. The second-order valence-electron chi connectivity index (χ2n) is 6.64. The molecule has 0 spiro atoms. The lowest BCUT2D eigenvalue weighted by Crippen LogP contribution is -2.20. The van der Waals surface area contributed by atoms with E-state index in [9.17, 15) is 4.79 Å². The SMILES string of the molecule is Cc1cccc(Cn2nc(C)c(NC(=O)Nc3cccc(C)c3)c2C)c1. The molecule has 2 N–H and O–H groups in total. The summed E-state index contributed by atoms with van der Waals surface area (Å²) < 4.78 is 1.92. The van der Waals surface area contributed by atoms with Crippen molar-refractivity contribution in [2.24, 2.45) is 0 Å². The van der Waals surface area contributed by atoms with E-state index < -0.39 is 0 Å². The molecule has 1 heterocycles. The zero-order chi connectivity index (χ0) is 18.7. The van der Waals surface area contributed by atoms with E-state index in [0.29, 0.717) is 6.54 Å². The van der Waals surface area contributed by atoms with Crippen molar-refractivity contribution in [1.82, 2.24) is 9.78 Å². The number of anilines is 2. The number of hydrogen-bond donors (Lipinski definition) is 2. The van der Waals surface area contributed by atoms with E-state index in [2.05, 4.69) is 40.9 Å². The number of carbonyl (C=O) groups is 1. The lowest BCUT2D eigenvalue weighted by Gasteiger charge is -2.09. The molecule has 0 aliphatic rings. The minimum Gasteiger partial charge on any atom is -0.308 e. The van der Waals surface area contributed by atoms with Gasteiger partial charge in [0.2, 0.25) is 0 Å². The van der Waals surface area contributed by atoms with E-state index in [0.717, 1.165) is 28.3 Å². The van der Waals surface area contributed by atoms with Crippen LogP contribution in [0.3, 0.4) is 0 Å². The van der Waals surface area contributed by atoms with Gasteiger partial charge in [-0.3, -0.25) is 4.68 Å². The Balaban J connectivity index is 1.74. The Hall–Kier alpha value is -3.08. The van der Waals surface area contributed by atoms with Crippen molar-refractivity contribution in [3.05, 3.63) is 76.6 Å². The first-order valence-electron chi connectivity index (χ1n) is 8.66. The molecule has 2 aromatic carbocycles. The normalized spacial score (nSPS) is 10.6. The third-order valence-corrected chi connectivity index (χ3v) is 4.31. The molecular weight excluding hydrogens is 324 g/mol. The van der Waals surface area contributed by atoms with Crippen LogP contribution in [-0.2, 0) is 6.54 Å². The zero-order valence-corrected chi connectivity index (χ0v) is 15.6. The fourth-order valence-corrected chi connectivity index (χ4v) is 3.01. The van der Waals surface area contributed by atoms with E-state index in [1.165, 1.54) is 11.1 Å². The average molecular weight is 348 g/mol. The first kappa shape index (κ1) is 17.7. The first-order valence-corrected chi connectivity index (χ1v) is 8.66. The Morgan fingerprint density at radius 3 is 2.35 bits per heavy atom. The van der Waals surface area contributed by atoms with Crippen LogP contribution in [-0.4, -0.2) is 15.8 Å². The topological polar surface area (TPSA) is 59.0 Å². The molecular formula is C21H24N4O. The lowest BCUT2D eigenvalue weighted by molar-refractivity contribution is 0.262. The number of urea groups is 1. The maximum Gasteiger partial charge on any atom is 0.323 e. The quantitative estimate of drug-likeness (QED) is 0.711. The molecule has 5 heteroatoms. The Labute approximate surface area is 154 Å². The summed E-state index contributed by atoms with van der Waals surface area (Å²) in [5, 5.41) is 10.4. The van der Waals surface area contributed by atoms with Crippen LogP contribution in [0.1, 0.15) is 28.1 Å². The molecule has 0 fully saturated rings. The number of hydrogen-bond acceptors (Lipinski definition) is 2. The van der Waals surface area contributed by atoms with Crippen LogP contribution in [0.5, 0.6) is 0 Å². The van der Waals surface area contributed by atoms with Crippen molar-refractivity contribution in [3.8, 4) is 0 Å². The van der Waals surface area contributed by atoms with E-state index in [-0.39, 0.29) is 6.03 Å². The summed E-state index contributed by atoms with van der Waals surface area (Å²) >= 11 is 0. The summed E-state index contributed by atoms with van der Waals surface area (Å²) in [4.78, 5) is 12.4. The molecule has 0 radical (unpaired) electrons. The van der Waals surface area contributed by atoms with Crippen molar-refractivity contribution in [2.75, 3.05) is 10.6 Å². The highest BCUT2D eigenvalue weighted by molar-refractivity contribution is 6.00. The monoisotopic (exact) mass is 348 g/mol. The minimum atomic E-state index is -0.267. The molecule has 3 aromatic rings. The maximum absolute atomic E-state index is 12.4. The van der Waals surface area contributed by atoms with Gasteiger partial charge < -0.3 is 10.6 Å². The van der Waals surface area contributed by atoms with Gasteiger partial charge in [-0.1, -0.05) is 42.0 Å². The van der Waals surface area contributed by atoms with Crippen LogP contribution in [0, 0.1) is 27.7 Å². The van der Waals surface area contributed by atoms with Crippen LogP contribution in [0.4, 0.5) is 16.2 Å². The van der Waals surface area contributed by atoms with Gasteiger partial charge in [0.25, 0.3) is 0 Å². The summed E-state index contributed by atoms with van der Waals surface area (Å²) in [6, 6.07) is 15.8. The standard InChI is InChI=1S/C21H24N4O/c1-14-7-5-9-18(11-14)13-25-17(4)20(16(3)24-25)23-21(26)22-19-10-6-8-15(2)12-19/h5-12H,13H2,1-4H3,(H2,22,23,26). The summed E-state index contributed by atoms with van der Waals surface area (Å²) in [5.41, 5.74) is 6.76. The number of aromatic nitrogens is 2. The van der Waals surface area contributed by atoms with Crippen LogP contribution < -0.4 is 10.6 Å². The molecule has 2 amide bonds. The molecule has 0 saturated carbocycles. The van der Waals surface area contributed by atoms with Crippen LogP contribution >= 0.6 is 0 Å². The zero-order valence-electron chi connectivity index (χ0n) is 15.6. The Morgan fingerprint density at radius 1 is 0.962 bits per heavy atom. The van der Waals surface area contributed by atoms with Crippen molar-refractivity contribution >= 4 is 17.4 Å². The van der Waals surface area contributed by atoms with E-state index in [1.54, 1.807) is 0 Å². The lowest BCUT2D eigenvalue weighted by atomic mass is 10.1. The number of nitrogens with zero attached hydrogens (tertiary/aromatic N) is 2. The summed E-state index contributed by atoms with van der Waals surface area (Å²) in [6.45, 7) is 8.62. The number of benzene rings is 2. The molecule has 5 nitrogen and oxygen atoms in total. The van der Waals surface area contributed by atoms with Gasteiger partial charge >= 0.3 is 6.03 Å². The average Bonchev–Trinajstić information content (AvgIpc) is 2.82. The smallest absolute Gasteiger partial charge is 0.308 e. The fourth-order valence-electron chi connectivity index (χ4n) is 3.01. The molecule has 26 heavy (non-hydrogen) atoms. The van der Waals surface area contributed by atoms with E-state index >= 15 is 0 Å². The number of carbonyl (C=O) groups excluding carboxylic acids is 1. The number of rotatable bonds is 4. The van der Waals surface area contributed by atoms with Gasteiger partial charge in [0, 0.05) is 5.69 Å². The molecule has 134 valence electrons. The highest BCUT2D eigenvalue weighted by atomic mass is 16.2. The van der Waals surface area contributed by atoms with Crippen molar-refractivity contribution in [2.45, 2.75) is 34.2 Å². The largest absolute Gasteiger partial charge is 0.323 e. The molecule has 0 unspecified atom stereocenters. The summed E-state index contributed by atoms with van der Waals surface area (Å²) in [5.74, 6) is 0. The van der Waals surface area contributed by atoms with Crippen LogP contribution in [0.15, 0.2) is 48.5 Å². The molecule has 0 bridgehead atoms. The second kappa shape index (κ2) is 7.44. The summed E-state index contributed by atoms with van der Waals surface area (Å²) in [6.07, 6.45) is 0. The predicted molar refractivity (Wildman–Crippen MR) is 106 cm³/mol. The molecule has 0 aliphatic heterocycles. The molecule has 0 aliphatic carbocycles. The van der Waals surface area contributed by atoms with Crippen LogP contribution in [0.2, 0.25) is 0 Å². The van der Waals surface area contributed by atoms with Gasteiger partial charge in [-0.05, 0) is 51.0 Å². The van der Waals surface area contributed by atoms with Crippen molar-refractivity contribution in [1.29, 1.82) is 0 Å². The van der Waals surface area contributed by atoms with Gasteiger partial charge in [0.15, 0.2) is 0 Å². The number of nitrogens with one attached hydrogen (secondary N) is 2. The van der Waals surface area contributed by atoms with Gasteiger partial charge in [-0.15, -0.1) is 0 Å². The molecule has 1 aromatic heterocycles. The highest BCUT2D eigenvalue weighted by Gasteiger charge is 2.14. The summed E-state index contributed by atoms with van der Waals surface area (Å²) in [7, 11) is 0. The third-order valence-electron chi connectivity index (χ3n) is 4.31. The predicted octanol–water partition coefficient (Wildman–Crippen LogP) is 4.81. The third kappa shape index (κ3) is 4.11. The number of aryl methyl sites for hydroxylation is 3. The van der Waals surface area contributed by atoms with Gasteiger partial charge in [0.05, 0.1) is 23.6 Å². The van der Waals surface area contributed by atoms with Gasteiger partial charge in [-0.25, -0.2) is 4.79 Å². The van der Waals surface area contributed by atoms with Gasteiger partial charge in [0.1, 0.15) is 0 Å². The molecule has 0 atom stereocenters. The minimum absolute atomic E-state index is 0.267. The highest BCUT2D eigenvalue weighted by Crippen LogP contribution is 2.21. The van der Waals surface area contributed by atoms with E-state index in [4.69, 9.17) is 0 Å². The van der Waals surface area contributed by atoms with Crippen molar-refractivity contribution < 1.29 is 4.79 Å². The molecule has 0 saturated heterocycles.